The van der Waals surface area contributed by atoms with Crippen molar-refractivity contribution in [3.05, 3.63) is 17.5 Å². The number of hydrogen-bond donors (Lipinski definition) is 2. The number of aryl methyl sites for hydroxylation is 1. The Morgan fingerprint density at radius 1 is 1.50 bits per heavy atom. The average Bonchev–Trinajstić information content (AvgIpc) is 2.55. The van der Waals surface area contributed by atoms with Crippen LogP contribution in [0.15, 0.2) is 6.20 Å². The van der Waals surface area contributed by atoms with E-state index >= 15 is 0 Å². The van der Waals surface area contributed by atoms with Crippen LogP contribution in [-0.4, -0.2) is 27.5 Å². The topological polar surface area (TPSA) is 50.1 Å². The molecule has 0 saturated heterocycles. The van der Waals surface area contributed by atoms with E-state index < -0.39 is 0 Å². The number of aromatic nitrogens is 2. The zero-order valence-corrected chi connectivity index (χ0v) is 10.9. The van der Waals surface area contributed by atoms with Crippen molar-refractivity contribution in [2.45, 2.75) is 45.7 Å². The molecule has 0 radical (unpaired) electrons. The van der Waals surface area contributed by atoms with E-state index in [0.29, 0.717) is 0 Å². The predicted molar refractivity (Wildman–Crippen MR) is 65.3 cm³/mol. The summed E-state index contributed by atoms with van der Waals surface area (Å²) in [6.45, 7) is 9.36. The summed E-state index contributed by atoms with van der Waals surface area (Å²) in [6.07, 6.45) is 2.04. The first kappa shape index (κ1) is 13.2. The van der Waals surface area contributed by atoms with Gasteiger partial charge in [0.05, 0.1) is 12.3 Å². The maximum Gasteiger partial charge on any atom is 0.0722 e. The van der Waals surface area contributed by atoms with Crippen LogP contribution in [0.4, 0.5) is 0 Å². The summed E-state index contributed by atoms with van der Waals surface area (Å²) in [6, 6.07) is 0.119. The molecule has 16 heavy (non-hydrogen) atoms. The first-order valence-electron chi connectivity index (χ1n) is 5.72. The second kappa shape index (κ2) is 4.97. The van der Waals surface area contributed by atoms with Gasteiger partial charge >= 0.3 is 0 Å². The summed E-state index contributed by atoms with van der Waals surface area (Å²) < 4.78 is 1.85. The molecular formula is C12H23N3O. The van der Waals surface area contributed by atoms with E-state index in [1.165, 1.54) is 5.56 Å². The van der Waals surface area contributed by atoms with Crippen molar-refractivity contribution < 1.29 is 5.11 Å². The molecule has 4 heteroatoms. The van der Waals surface area contributed by atoms with Gasteiger partial charge in [-0.2, -0.15) is 5.10 Å². The fourth-order valence-corrected chi connectivity index (χ4v) is 1.65. The molecule has 1 atom stereocenters. The molecule has 0 fully saturated rings. The van der Waals surface area contributed by atoms with Gasteiger partial charge in [-0.05, 0) is 6.92 Å². The van der Waals surface area contributed by atoms with Crippen LogP contribution >= 0.6 is 0 Å². The van der Waals surface area contributed by atoms with Gasteiger partial charge in [0, 0.05) is 36.8 Å². The molecule has 92 valence electrons. The molecule has 0 aliphatic rings. The van der Waals surface area contributed by atoms with Crippen molar-refractivity contribution >= 4 is 0 Å². The zero-order valence-electron chi connectivity index (χ0n) is 10.9. The van der Waals surface area contributed by atoms with Gasteiger partial charge in [0.1, 0.15) is 0 Å². The minimum Gasteiger partial charge on any atom is -0.395 e. The number of rotatable bonds is 4. The monoisotopic (exact) mass is 225 g/mol. The average molecular weight is 225 g/mol. The van der Waals surface area contributed by atoms with Crippen molar-refractivity contribution in [2.75, 3.05) is 6.61 Å². The highest BCUT2D eigenvalue weighted by molar-refractivity contribution is 5.23. The maximum atomic E-state index is 8.96. The summed E-state index contributed by atoms with van der Waals surface area (Å²) in [7, 11) is 1.94. The van der Waals surface area contributed by atoms with Crippen LogP contribution in [0.3, 0.4) is 0 Å². The SMILES string of the molecule is C[C@@H](CO)NCc1cn(C)nc1C(C)(C)C. The Balaban J connectivity index is 2.79. The molecule has 0 unspecified atom stereocenters. The number of aliphatic hydroxyl groups excluding tert-OH is 1. The third-order valence-corrected chi connectivity index (χ3v) is 2.53. The van der Waals surface area contributed by atoms with Crippen molar-refractivity contribution in [1.82, 2.24) is 15.1 Å². The van der Waals surface area contributed by atoms with E-state index in [1.807, 2.05) is 24.9 Å². The van der Waals surface area contributed by atoms with E-state index in [4.69, 9.17) is 5.11 Å². The molecule has 4 nitrogen and oxygen atoms in total. The van der Waals surface area contributed by atoms with E-state index in [2.05, 4.69) is 31.2 Å². The van der Waals surface area contributed by atoms with E-state index in [9.17, 15) is 0 Å². The van der Waals surface area contributed by atoms with Crippen molar-refractivity contribution in [2.24, 2.45) is 7.05 Å². The largest absolute Gasteiger partial charge is 0.395 e. The molecule has 1 heterocycles. The number of nitrogens with one attached hydrogen (secondary N) is 1. The van der Waals surface area contributed by atoms with Crippen LogP contribution in [0.5, 0.6) is 0 Å². The Morgan fingerprint density at radius 3 is 2.62 bits per heavy atom. The molecule has 0 aromatic carbocycles. The van der Waals surface area contributed by atoms with Gasteiger partial charge in [-0.1, -0.05) is 20.8 Å². The van der Waals surface area contributed by atoms with Crippen LogP contribution in [-0.2, 0) is 19.0 Å². The highest BCUT2D eigenvalue weighted by atomic mass is 16.3. The molecule has 0 saturated carbocycles. The third kappa shape index (κ3) is 3.32. The number of nitrogens with zero attached hydrogens (tertiary/aromatic N) is 2. The highest BCUT2D eigenvalue weighted by Crippen LogP contribution is 2.23. The third-order valence-electron chi connectivity index (χ3n) is 2.53. The van der Waals surface area contributed by atoms with Gasteiger partial charge in [-0.25, -0.2) is 0 Å². The van der Waals surface area contributed by atoms with E-state index in [-0.39, 0.29) is 18.1 Å². The fraction of sp³-hybridized carbons (Fsp3) is 0.750. The van der Waals surface area contributed by atoms with Gasteiger partial charge in [0.15, 0.2) is 0 Å². The Labute approximate surface area is 97.7 Å². The highest BCUT2D eigenvalue weighted by Gasteiger charge is 2.21. The van der Waals surface area contributed by atoms with Crippen molar-refractivity contribution in [1.29, 1.82) is 0 Å². The van der Waals surface area contributed by atoms with Gasteiger partial charge in [-0.3, -0.25) is 4.68 Å². The predicted octanol–water partition coefficient (Wildman–Crippen LogP) is 1.19. The van der Waals surface area contributed by atoms with Crippen LogP contribution in [0, 0.1) is 0 Å². The Hall–Kier alpha value is -0.870. The standard InChI is InChI=1S/C12H23N3O/c1-9(8-16)13-6-10-7-15(5)14-11(10)12(2,3)4/h7,9,13,16H,6,8H2,1-5H3/t9-/m0/s1. The molecule has 0 bridgehead atoms. The van der Waals surface area contributed by atoms with Gasteiger partial charge in [0.2, 0.25) is 0 Å². The molecular weight excluding hydrogens is 202 g/mol. The molecule has 0 amide bonds. The maximum absolute atomic E-state index is 8.96. The van der Waals surface area contributed by atoms with Gasteiger partial charge in [-0.15, -0.1) is 0 Å². The fourth-order valence-electron chi connectivity index (χ4n) is 1.65. The van der Waals surface area contributed by atoms with Crippen LogP contribution < -0.4 is 5.32 Å². The number of hydrogen-bond acceptors (Lipinski definition) is 3. The van der Waals surface area contributed by atoms with Crippen molar-refractivity contribution in [3.63, 3.8) is 0 Å². The van der Waals surface area contributed by atoms with E-state index in [1.54, 1.807) is 0 Å². The summed E-state index contributed by atoms with van der Waals surface area (Å²) >= 11 is 0. The van der Waals surface area contributed by atoms with Crippen LogP contribution in [0.25, 0.3) is 0 Å². The van der Waals surface area contributed by atoms with Crippen molar-refractivity contribution in [3.8, 4) is 0 Å². The first-order chi connectivity index (χ1) is 7.34. The Bertz CT molecular complexity index is 339. The summed E-state index contributed by atoms with van der Waals surface area (Å²) in [4.78, 5) is 0. The summed E-state index contributed by atoms with van der Waals surface area (Å²) in [5.41, 5.74) is 2.38. The Morgan fingerprint density at radius 2 is 2.12 bits per heavy atom. The van der Waals surface area contributed by atoms with E-state index in [0.717, 1.165) is 12.2 Å². The second-order valence-electron chi connectivity index (χ2n) is 5.39. The number of aliphatic hydroxyl groups is 1. The lowest BCUT2D eigenvalue weighted by atomic mass is 9.89. The van der Waals surface area contributed by atoms with Crippen LogP contribution in [0.1, 0.15) is 39.0 Å². The second-order valence-corrected chi connectivity index (χ2v) is 5.39. The molecule has 1 aromatic rings. The lowest BCUT2D eigenvalue weighted by Crippen LogP contribution is -2.29. The van der Waals surface area contributed by atoms with Gasteiger partial charge < -0.3 is 10.4 Å². The lowest BCUT2D eigenvalue weighted by Gasteiger charge is -2.18. The molecule has 0 aliphatic carbocycles. The zero-order chi connectivity index (χ0) is 12.3. The molecule has 1 aromatic heterocycles. The smallest absolute Gasteiger partial charge is 0.0722 e. The van der Waals surface area contributed by atoms with Crippen LogP contribution in [0.2, 0.25) is 0 Å². The summed E-state index contributed by atoms with van der Waals surface area (Å²) in [5.74, 6) is 0. The van der Waals surface area contributed by atoms with Gasteiger partial charge in [0.25, 0.3) is 0 Å². The minimum absolute atomic E-state index is 0.0563. The normalized spacial score (nSPS) is 14.1. The Kier molecular flexibility index (Phi) is 4.10. The molecule has 0 aliphatic heterocycles. The lowest BCUT2D eigenvalue weighted by molar-refractivity contribution is 0.251. The molecule has 1 rings (SSSR count). The summed E-state index contributed by atoms with van der Waals surface area (Å²) in [5, 5.41) is 16.7. The molecule has 2 N–H and O–H groups in total. The molecule has 0 spiro atoms. The quantitative estimate of drug-likeness (QED) is 0.809. The first-order valence-corrected chi connectivity index (χ1v) is 5.72. The minimum atomic E-state index is 0.0563.